The number of nitrogens with one attached hydrogen (secondary N) is 1. The molecule has 0 spiro atoms. The quantitative estimate of drug-likeness (QED) is 0.631. The predicted molar refractivity (Wildman–Crippen MR) is 73.2 cm³/mol. The first-order valence-electron chi connectivity index (χ1n) is 5.39. The second-order valence-electron chi connectivity index (χ2n) is 3.91. The zero-order valence-electron chi connectivity index (χ0n) is 10.6. The zero-order chi connectivity index (χ0) is 13.7. The van der Waals surface area contributed by atoms with E-state index in [4.69, 9.17) is 10.6 Å². The molecule has 18 heavy (non-hydrogen) atoms. The molecule has 3 N–H and O–H groups in total. The van der Waals surface area contributed by atoms with Gasteiger partial charge in [0.15, 0.2) is 5.82 Å². The third-order valence-electron chi connectivity index (χ3n) is 2.61. The molecule has 1 aromatic rings. The lowest BCUT2D eigenvalue weighted by Gasteiger charge is -2.25. The van der Waals surface area contributed by atoms with E-state index in [1.165, 1.54) is 0 Å². The Morgan fingerprint density at radius 2 is 2.39 bits per heavy atom. The number of rotatable bonds is 5. The lowest BCUT2D eigenvalue weighted by atomic mass is 10.2. The van der Waals surface area contributed by atoms with Crippen LogP contribution in [0.2, 0.25) is 0 Å². The van der Waals surface area contributed by atoms with Crippen molar-refractivity contribution in [1.82, 2.24) is 9.88 Å². The van der Waals surface area contributed by atoms with Crippen LogP contribution in [0.5, 0.6) is 0 Å². The van der Waals surface area contributed by atoms with E-state index < -0.39 is 0 Å². The molecular weight excluding hydrogens is 300 g/mol. The van der Waals surface area contributed by atoms with Crippen LogP contribution in [-0.2, 0) is 4.74 Å². The summed E-state index contributed by atoms with van der Waals surface area (Å²) in [7, 11) is 3.32. The number of ether oxygens (including phenoxy) is 1. The number of pyridine rings is 1. The van der Waals surface area contributed by atoms with E-state index in [0.29, 0.717) is 18.0 Å². The van der Waals surface area contributed by atoms with Crippen LogP contribution in [-0.4, -0.2) is 42.6 Å². The number of methoxy groups -OCH3 is 1. The van der Waals surface area contributed by atoms with E-state index >= 15 is 0 Å². The first kappa shape index (κ1) is 14.9. The van der Waals surface area contributed by atoms with Crippen LogP contribution >= 0.6 is 15.9 Å². The number of nitrogens with zero attached hydrogens (tertiary/aromatic N) is 2. The fourth-order valence-electron chi connectivity index (χ4n) is 1.46. The zero-order valence-corrected chi connectivity index (χ0v) is 12.2. The van der Waals surface area contributed by atoms with Gasteiger partial charge in [0.25, 0.3) is 5.91 Å². The van der Waals surface area contributed by atoms with Crippen molar-refractivity contribution in [2.45, 2.75) is 13.0 Å². The molecule has 7 heteroatoms. The highest BCUT2D eigenvalue weighted by Gasteiger charge is 2.21. The molecule has 0 fully saturated rings. The number of halogens is 1. The van der Waals surface area contributed by atoms with Gasteiger partial charge in [0, 0.05) is 24.8 Å². The minimum absolute atomic E-state index is 0.0351. The van der Waals surface area contributed by atoms with Gasteiger partial charge in [0.05, 0.1) is 18.2 Å². The summed E-state index contributed by atoms with van der Waals surface area (Å²) in [5.41, 5.74) is 2.83. The molecule has 0 saturated carbocycles. The Kier molecular flexibility index (Phi) is 5.52. The fourth-order valence-corrected chi connectivity index (χ4v) is 1.79. The average molecular weight is 317 g/mol. The van der Waals surface area contributed by atoms with E-state index in [-0.39, 0.29) is 11.9 Å². The van der Waals surface area contributed by atoms with Crippen LogP contribution in [0.4, 0.5) is 5.82 Å². The largest absolute Gasteiger partial charge is 0.383 e. The molecule has 1 amide bonds. The minimum atomic E-state index is -0.165. The van der Waals surface area contributed by atoms with Crippen molar-refractivity contribution in [3.05, 3.63) is 22.3 Å². The number of hydrogen-bond donors (Lipinski definition) is 2. The summed E-state index contributed by atoms with van der Waals surface area (Å²) in [4.78, 5) is 17.9. The van der Waals surface area contributed by atoms with Gasteiger partial charge in [-0.25, -0.2) is 10.8 Å². The first-order chi connectivity index (χ1) is 8.51. The van der Waals surface area contributed by atoms with Crippen LogP contribution in [0.1, 0.15) is 17.3 Å². The van der Waals surface area contributed by atoms with Gasteiger partial charge in [-0.2, -0.15) is 0 Å². The molecular formula is C11H17BrN4O2. The number of anilines is 1. The van der Waals surface area contributed by atoms with Gasteiger partial charge in [-0.05, 0) is 28.9 Å². The molecule has 0 bridgehead atoms. The molecule has 6 nitrogen and oxygen atoms in total. The summed E-state index contributed by atoms with van der Waals surface area (Å²) >= 11 is 3.28. The monoisotopic (exact) mass is 316 g/mol. The Hall–Kier alpha value is -1.18. The topological polar surface area (TPSA) is 80.5 Å². The molecule has 1 rings (SSSR count). The maximum absolute atomic E-state index is 12.3. The summed E-state index contributed by atoms with van der Waals surface area (Å²) in [6.45, 7) is 2.37. The Balaban J connectivity index is 2.98. The molecule has 100 valence electrons. The third kappa shape index (κ3) is 3.41. The number of amides is 1. The van der Waals surface area contributed by atoms with E-state index in [0.717, 1.165) is 4.47 Å². The van der Waals surface area contributed by atoms with Gasteiger partial charge in [-0.1, -0.05) is 0 Å². The van der Waals surface area contributed by atoms with E-state index in [9.17, 15) is 4.79 Å². The summed E-state index contributed by atoms with van der Waals surface area (Å²) in [5.74, 6) is 5.53. The third-order valence-corrected chi connectivity index (χ3v) is 3.04. The molecule has 0 saturated heterocycles. The number of hydrazine groups is 1. The van der Waals surface area contributed by atoms with Crippen molar-refractivity contribution in [3.8, 4) is 0 Å². The number of hydrogen-bond acceptors (Lipinski definition) is 5. The maximum Gasteiger partial charge on any atom is 0.257 e. The number of nitrogens with two attached hydrogens (primary N) is 1. The predicted octanol–water partition coefficient (Wildman–Crippen LogP) is 1.24. The normalized spacial score (nSPS) is 12.1. The van der Waals surface area contributed by atoms with Crippen molar-refractivity contribution < 1.29 is 9.53 Å². The highest BCUT2D eigenvalue weighted by Crippen LogP contribution is 2.19. The standard InChI is InChI=1S/C11H17BrN4O2/c1-7(6-18-3)16(2)11(17)9-4-8(12)5-14-10(9)15-13/h4-5,7H,6,13H2,1-3H3,(H,14,15). The van der Waals surface area contributed by atoms with Crippen molar-refractivity contribution >= 4 is 27.7 Å². The Morgan fingerprint density at radius 1 is 1.72 bits per heavy atom. The van der Waals surface area contributed by atoms with Gasteiger partial charge < -0.3 is 15.1 Å². The van der Waals surface area contributed by atoms with Gasteiger partial charge in [-0.15, -0.1) is 0 Å². The average Bonchev–Trinajstić information content (AvgIpc) is 2.37. The fraction of sp³-hybridized carbons (Fsp3) is 0.455. The van der Waals surface area contributed by atoms with Gasteiger partial charge in [0.1, 0.15) is 0 Å². The lowest BCUT2D eigenvalue weighted by Crippen LogP contribution is -2.38. The second kappa shape index (κ2) is 6.67. The van der Waals surface area contributed by atoms with E-state index in [2.05, 4.69) is 26.3 Å². The molecule has 0 aliphatic carbocycles. The number of likely N-dealkylation sites (N-methyl/N-ethyl adjacent to an activating group) is 1. The summed E-state index contributed by atoms with van der Waals surface area (Å²) < 4.78 is 5.75. The highest BCUT2D eigenvalue weighted by atomic mass is 79.9. The Morgan fingerprint density at radius 3 is 2.94 bits per heavy atom. The van der Waals surface area contributed by atoms with Crippen LogP contribution in [0.15, 0.2) is 16.7 Å². The van der Waals surface area contributed by atoms with Gasteiger partial charge in [0.2, 0.25) is 0 Å². The maximum atomic E-state index is 12.3. The van der Waals surface area contributed by atoms with Crippen molar-refractivity contribution in [3.63, 3.8) is 0 Å². The summed E-state index contributed by atoms with van der Waals surface area (Å²) in [5, 5.41) is 0. The lowest BCUT2D eigenvalue weighted by molar-refractivity contribution is 0.0634. The molecule has 0 aliphatic rings. The summed E-state index contributed by atoms with van der Waals surface area (Å²) in [6, 6.07) is 1.65. The highest BCUT2D eigenvalue weighted by molar-refractivity contribution is 9.10. The van der Waals surface area contributed by atoms with Crippen molar-refractivity contribution in [1.29, 1.82) is 0 Å². The SMILES string of the molecule is COCC(C)N(C)C(=O)c1cc(Br)cnc1NN. The van der Waals surface area contributed by atoms with Gasteiger partial charge >= 0.3 is 0 Å². The van der Waals surface area contributed by atoms with E-state index in [1.807, 2.05) is 6.92 Å². The summed E-state index contributed by atoms with van der Waals surface area (Å²) in [6.07, 6.45) is 1.57. The van der Waals surface area contributed by atoms with E-state index in [1.54, 1.807) is 31.3 Å². The molecule has 1 unspecified atom stereocenters. The molecule has 0 radical (unpaired) electrons. The Labute approximate surface area is 115 Å². The number of carbonyl (C=O) groups excluding carboxylic acids is 1. The molecule has 0 aliphatic heterocycles. The van der Waals surface area contributed by atoms with Crippen LogP contribution in [0.25, 0.3) is 0 Å². The van der Waals surface area contributed by atoms with Gasteiger partial charge in [-0.3, -0.25) is 4.79 Å². The van der Waals surface area contributed by atoms with Crippen molar-refractivity contribution in [2.24, 2.45) is 5.84 Å². The molecule has 1 aromatic heterocycles. The first-order valence-corrected chi connectivity index (χ1v) is 6.18. The van der Waals surface area contributed by atoms with Crippen LogP contribution in [0.3, 0.4) is 0 Å². The molecule has 0 aromatic carbocycles. The van der Waals surface area contributed by atoms with Crippen LogP contribution in [0, 0.1) is 0 Å². The number of aromatic nitrogens is 1. The number of carbonyl (C=O) groups is 1. The Bertz CT molecular complexity index is 428. The number of nitrogen functional groups attached to an aromatic ring is 1. The van der Waals surface area contributed by atoms with Crippen molar-refractivity contribution in [2.75, 3.05) is 26.2 Å². The molecule has 1 heterocycles. The second-order valence-corrected chi connectivity index (χ2v) is 4.83. The smallest absolute Gasteiger partial charge is 0.257 e. The minimum Gasteiger partial charge on any atom is -0.383 e. The molecule has 1 atom stereocenters. The van der Waals surface area contributed by atoms with Crippen LogP contribution < -0.4 is 11.3 Å².